The Balaban J connectivity index is 2.14. The van der Waals surface area contributed by atoms with E-state index in [9.17, 15) is 9.18 Å². The second-order valence-corrected chi connectivity index (χ2v) is 4.57. The van der Waals surface area contributed by atoms with Gasteiger partial charge in [0.1, 0.15) is 0 Å². The molecular formula is C14H12ClFN2O. The summed E-state index contributed by atoms with van der Waals surface area (Å²) in [5, 5.41) is 0.603. The first-order valence-corrected chi connectivity index (χ1v) is 6.06. The van der Waals surface area contributed by atoms with Crippen LogP contribution in [-0.4, -0.2) is 22.8 Å². The van der Waals surface area contributed by atoms with Gasteiger partial charge in [-0.1, -0.05) is 23.7 Å². The van der Waals surface area contributed by atoms with Gasteiger partial charge in [-0.05, 0) is 29.8 Å². The second-order valence-electron chi connectivity index (χ2n) is 4.13. The van der Waals surface area contributed by atoms with E-state index in [-0.39, 0.29) is 5.56 Å². The number of aromatic nitrogens is 1. The van der Waals surface area contributed by atoms with E-state index in [0.29, 0.717) is 11.6 Å². The number of pyridine rings is 1. The van der Waals surface area contributed by atoms with Crippen LogP contribution in [0.15, 0.2) is 42.6 Å². The van der Waals surface area contributed by atoms with E-state index < -0.39 is 11.9 Å². The molecule has 2 rings (SSSR count). The molecule has 0 aliphatic rings. The van der Waals surface area contributed by atoms with Gasteiger partial charge in [0.15, 0.2) is 0 Å². The Morgan fingerprint density at radius 1 is 1.37 bits per heavy atom. The number of carbonyl (C=O) groups is 1. The molecule has 0 saturated heterocycles. The Labute approximate surface area is 115 Å². The lowest BCUT2D eigenvalue weighted by atomic mass is 10.2. The van der Waals surface area contributed by atoms with Gasteiger partial charge in [-0.25, -0.2) is 4.98 Å². The zero-order valence-corrected chi connectivity index (χ0v) is 11.1. The summed E-state index contributed by atoms with van der Waals surface area (Å²) in [6.07, 6.45) is 1.31. The van der Waals surface area contributed by atoms with E-state index in [0.717, 1.165) is 5.56 Å². The van der Waals surface area contributed by atoms with Crippen molar-refractivity contribution in [2.24, 2.45) is 0 Å². The van der Waals surface area contributed by atoms with Crippen LogP contribution in [0.25, 0.3) is 0 Å². The second kappa shape index (κ2) is 5.80. The number of rotatable bonds is 3. The molecular weight excluding hydrogens is 267 g/mol. The molecule has 1 aromatic carbocycles. The van der Waals surface area contributed by atoms with Crippen LogP contribution >= 0.6 is 11.6 Å². The van der Waals surface area contributed by atoms with Gasteiger partial charge in [-0.15, -0.1) is 0 Å². The minimum absolute atomic E-state index is 0.0352. The summed E-state index contributed by atoms with van der Waals surface area (Å²) in [7, 11) is 1.61. The molecule has 19 heavy (non-hydrogen) atoms. The summed E-state index contributed by atoms with van der Waals surface area (Å²) < 4.78 is 13.4. The largest absolute Gasteiger partial charge is 0.337 e. The Bertz CT molecular complexity index is 604. The zero-order valence-electron chi connectivity index (χ0n) is 10.3. The van der Waals surface area contributed by atoms with Crippen molar-refractivity contribution in [1.82, 2.24) is 9.88 Å². The van der Waals surface area contributed by atoms with E-state index in [1.165, 1.54) is 23.2 Å². The molecule has 1 aromatic heterocycles. The zero-order chi connectivity index (χ0) is 13.8. The summed E-state index contributed by atoms with van der Waals surface area (Å²) in [4.78, 5) is 17.0. The van der Waals surface area contributed by atoms with Gasteiger partial charge < -0.3 is 4.90 Å². The number of amides is 1. The maximum atomic E-state index is 13.4. The molecule has 0 atom stereocenters. The normalized spacial score (nSPS) is 10.3. The maximum Gasteiger partial charge on any atom is 0.258 e. The number of benzene rings is 1. The molecule has 1 heterocycles. The number of halogens is 2. The number of hydrogen-bond donors (Lipinski definition) is 0. The van der Waals surface area contributed by atoms with Crippen molar-refractivity contribution in [1.29, 1.82) is 0 Å². The predicted octanol–water partition coefficient (Wildman–Crippen LogP) is 3.15. The quantitative estimate of drug-likeness (QED) is 0.808. The van der Waals surface area contributed by atoms with Crippen LogP contribution in [0.1, 0.15) is 15.9 Å². The van der Waals surface area contributed by atoms with Gasteiger partial charge in [-0.2, -0.15) is 4.39 Å². The number of hydrogen-bond acceptors (Lipinski definition) is 2. The van der Waals surface area contributed by atoms with Crippen molar-refractivity contribution in [3.63, 3.8) is 0 Å². The fourth-order valence-corrected chi connectivity index (χ4v) is 1.95. The topological polar surface area (TPSA) is 33.2 Å². The Hall–Kier alpha value is -1.94. The van der Waals surface area contributed by atoms with Gasteiger partial charge in [0.05, 0.1) is 5.56 Å². The molecule has 0 aliphatic carbocycles. The lowest BCUT2D eigenvalue weighted by Crippen LogP contribution is -2.27. The molecule has 0 saturated carbocycles. The predicted molar refractivity (Wildman–Crippen MR) is 71.4 cm³/mol. The standard InChI is InChI=1S/C14H12ClFN2O/c1-18(9-10-4-2-5-11(15)8-10)14(19)12-6-3-7-17-13(12)16/h2-8H,9H2,1H3. The van der Waals surface area contributed by atoms with E-state index >= 15 is 0 Å². The first-order chi connectivity index (χ1) is 9.08. The average molecular weight is 279 g/mol. The molecule has 2 aromatic rings. The first-order valence-electron chi connectivity index (χ1n) is 5.68. The summed E-state index contributed by atoms with van der Waals surface area (Å²) >= 11 is 5.88. The van der Waals surface area contributed by atoms with Gasteiger partial charge in [0.2, 0.25) is 5.95 Å². The molecule has 0 aliphatic heterocycles. The van der Waals surface area contributed by atoms with Crippen molar-refractivity contribution in [3.8, 4) is 0 Å². The Morgan fingerprint density at radius 3 is 2.84 bits per heavy atom. The SMILES string of the molecule is CN(Cc1cccc(Cl)c1)C(=O)c1cccnc1F. The van der Waals surface area contributed by atoms with E-state index in [4.69, 9.17) is 11.6 Å². The summed E-state index contributed by atoms with van der Waals surface area (Å²) in [5.74, 6) is -1.17. The van der Waals surface area contributed by atoms with Gasteiger partial charge in [0, 0.05) is 24.8 Å². The monoisotopic (exact) mass is 278 g/mol. The van der Waals surface area contributed by atoms with Crippen LogP contribution < -0.4 is 0 Å². The van der Waals surface area contributed by atoms with Crippen LogP contribution in [0.4, 0.5) is 4.39 Å². The summed E-state index contributed by atoms with van der Waals surface area (Å²) in [6.45, 7) is 0.355. The highest BCUT2D eigenvalue weighted by Crippen LogP contribution is 2.14. The molecule has 5 heteroatoms. The molecule has 0 radical (unpaired) electrons. The van der Waals surface area contributed by atoms with Crippen molar-refractivity contribution in [2.45, 2.75) is 6.54 Å². The highest BCUT2D eigenvalue weighted by atomic mass is 35.5. The van der Waals surface area contributed by atoms with Gasteiger partial charge in [0.25, 0.3) is 5.91 Å². The molecule has 0 N–H and O–H groups in total. The first kappa shape index (κ1) is 13.5. The molecule has 0 bridgehead atoms. The number of nitrogens with zero attached hydrogens (tertiary/aromatic N) is 2. The fourth-order valence-electron chi connectivity index (χ4n) is 1.73. The highest BCUT2D eigenvalue weighted by molar-refractivity contribution is 6.30. The third kappa shape index (κ3) is 3.29. The third-order valence-electron chi connectivity index (χ3n) is 2.64. The van der Waals surface area contributed by atoms with Crippen LogP contribution in [0.3, 0.4) is 0 Å². The maximum absolute atomic E-state index is 13.4. The van der Waals surface area contributed by atoms with Crippen molar-refractivity contribution in [3.05, 3.63) is 64.7 Å². The average Bonchev–Trinajstić information content (AvgIpc) is 2.38. The van der Waals surface area contributed by atoms with Crippen LogP contribution in [-0.2, 0) is 6.54 Å². The number of carbonyl (C=O) groups excluding carboxylic acids is 1. The summed E-state index contributed by atoms with van der Waals surface area (Å²) in [6, 6.07) is 10.1. The van der Waals surface area contributed by atoms with Crippen molar-refractivity contribution in [2.75, 3.05) is 7.05 Å². The third-order valence-corrected chi connectivity index (χ3v) is 2.88. The van der Waals surface area contributed by atoms with E-state index in [1.54, 1.807) is 25.2 Å². The van der Waals surface area contributed by atoms with Gasteiger partial charge in [-0.3, -0.25) is 4.79 Å². The highest BCUT2D eigenvalue weighted by Gasteiger charge is 2.16. The van der Waals surface area contributed by atoms with Crippen molar-refractivity contribution >= 4 is 17.5 Å². The van der Waals surface area contributed by atoms with E-state index in [1.807, 2.05) is 6.07 Å². The van der Waals surface area contributed by atoms with Crippen LogP contribution in [0, 0.1) is 5.95 Å². The fraction of sp³-hybridized carbons (Fsp3) is 0.143. The minimum atomic E-state index is -0.759. The minimum Gasteiger partial charge on any atom is -0.337 e. The van der Waals surface area contributed by atoms with Gasteiger partial charge >= 0.3 is 0 Å². The van der Waals surface area contributed by atoms with Crippen LogP contribution in [0.5, 0.6) is 0 Å². The molecule has 0 fully saturated rings. The molecule has 3 nitrogen and oxygen atoms in total. The van der Waals surface area contributed by atoms with Crippen molar-refractivity contribution < 1.29 is 9.18 Å². The van der Waals surface area contributed by atoms with E-state index in [2.05, 4.69) is 4.98 Å². The lowest BCUT2D eigenvalue weighted by Gasteiger charge is -2.17. The molecule has 0 unspecified atom stereocenters. The molecule has 0 spiro atoms. The van der Waals surface area contributed by atoms with Crippen LogP contribution in [0.2, 0.25) is 5.02 Å². The molecule has 1 amide bonds. The molecule has 98 valence electrons. The lowest BCUT2D eigenvalue weighted by molar-refractivity contribution is 0.0779. The Kier molecular flexibility index (Phi) is 4.12. The smallest absolute Gasteiger partial charge is 0.258 e. The summed E-state index contributed by atoms with van der Waals surface area (Å²) in [5.41, 5.74) is 0.847. The Morgan fingerprint density at radius 2 is 2.16 bits per heavy atom.